The Kier molecular flexibility index (Phi) is 36.8. The van der Waals surface area contributed by atoms with E-state index in [4.69, 9.17) is 18.0 Å². The second-order valence-electron chi connectivity index (χ2n) is 32.4. The van der Waals surface area contributed by atoms with Crippen molar-refractivity contribution in [3.63, 3.8) is 0 Å². The van der Waals surface area contributed by atoms with Crippen molar-refractivity contribution in [1.82, 2.24) is 51.9 Å². The first-order valence-corrected chi connectivity index (χ1v) is 43.7. The van der Waals surface area contributed by atoms with Crippen molar-refractivity contribution in [2.45, 2.75) is 138 Å². The lowest BCUT2D eigenvalue weighted by molar-refractivity contribution is -0.133. The first kappa shape index (κ1) is 92.6. The summed E-state index contributed by atoms with van der Waals surface area (Å²) in [5.41, 5.74) is 20.8. The Morgan fingerprint density at radius 3 is 1.22 bits per heavy atom. The maximum atomic E-state index is 14.1. The molecule has 0 aromatic heterocycles. The molecule has 6 atom stereocenters. The Morgan fingerprint density at radius 1 is 0.452 bits per heavy atom. The fourth-order valence-corrected chi connectivity index (χ4v) is 16.2. The molecule has 11 N–H and O–H groups in total. The molecular weight excluding hydrogens is 1550 g/mol. The molecule has 3 aliphatic rings. The van der Waals surface area contributed by atoms with Gasteiger partial charge in [0, 0.05) is 130 Å². The van der Waals surface area contributed by atoms with Gasteiger partial charge in [0.05, 0.1) is 24.7 Å². The van der Waals surface area contributed by atoms with Crippen LogP contribution in [0.15, 0.2) is 279 Å². The van der Waals surface area contributed by atoms with Crippen molar-refractivity contribution < 1.29 is 37.5 Å². The molecule has 0 radical (unpaired) electrons. The van der Waals surface area contributed by atoms with Crippen LogP contribution < -0.4 is 48.7 Å². The van der Waals surface area contributed by atoms with Gasteiger partial charge in [0.1, 0.15) is 11.6 Å². The van der Waals surface area contributed by atoms with Gasteiger partial charge in [-0.15, -0.1) is 0 Å². The molecule has 21 heteroatoms. The van der Waals surface area contributed by atoms with Crippen LogP contribution in [-0.2, 0) is 24.0 Å². The highest BCUT2D eigenvalue weighted by atomic mass is 19.1. The predicted molar refractivity (Wildman–Crippen MR) is 493 cm³/mol. The molecule has 3 saturated heterocycles. The molecule has 646 valence electrons. The molecule has 0 aliphatic carbocycles. The molecule has 3 aliphatic heterocycles. The summed E-state index contributed by atoms with van der Waals surface area (Å²) >= 11 is 0. The van der Waals surface area contributed by atoms with Gasteiger partial charge in [0.2, 0.25) is 29.5 Å². The van der Waals surface area contributed by atoms with Gasteiger partial charge in [-0.3, -0.25) is 28.8 Å². The van der Waals surface area contributed by atoms with Gasteiger partial charge in [0.15, 0.2) is 5.69 Å². The molecule has 10 aromatic rings. The van der Waals surface area contributed by atoms with E-state index >= 15 is 0 Å². The van der Waals surface area contributed by atoms with Crippen LogP contribution in [0.1, 0.15) is 151 Å². The van der Waals surface area contributed by atoms with Crippen molar-refractivity contribution in [2.75, 3.05) is 78.5 Å². The van der Waals surface area contributed by atoms with Crippen LogP contribution in [0.4, 0.5) is 14.5 Å². The van der Waals surface area contributed by atoms with E-state index in [9.17, 15) is 37.5 Å². The van der Waals surface area contributed by atoms with E-state index in [-0.39, 0.29) is 83.1 Å². The van der Waals surface area contributed by atoms with Gasteiger partial charge >= 0.3 is 0 Å². The molecule has 19 nitrogen and oxygen atoms in total. The summed E-state index contributed by atoms with van der Waals surface area (Å²) in [6, 6.07) is 85.4. The highest BCUT2D eigenvalue weighted by Crippen LogP contribution is 2.32. The van der Waals surface area contributed by atoms with Gasteiger partial charge < -0.3 is 63.4 Å². The van der Waals surface area contributed by atoms with Crippen LogP contribution in [0.25, 0.3) is 27.8 Å². The lowest BCUT2D eigenvalue weighted by Crippen LogP contribution is -2.49. The van der Waals surface area contributed by atoms with E-state index in [1.54, 1.807) is 18.2 Å². The second-order valence-corrected chi connectivity index (χ2v) is 32.4. The Balaban J connectivity index is 0.000000181. The Labute approximate surface area is 729 Å². The largest absolute Gasteiger partial charge is 0.351 e. The predicted octanol–water partition coefficient (Wildman–Crippen LogP) is 14.9. The topological polar surface area (TPSA) is 253 Å². The van der Waals surface area contributed by atoms with Crippen LogP contribution in [0, 0.1) is 18.2 Å². The third-order valence-corrected chi connectivity index (χ3v) is 23.1. The van der Waals surface area contributed by atoms with E-state index in [2.05, 4.69) is 164 Å². The van der Waals surface area contributed by atoms with Gasteiger partial charge in [-0.25, -0.2) is 13.6 Å². The minimum atomic E-state index is -0.736. The van der Waals surface area contributed by atoms with Crippen molar-refractivity contribution in [1.29, 1.82) is 0 Å². The highest BCUT2D eigenvalue weighted by Gasteiger charge is 2.36. The van der Waals surface area contributed by atoms with Crippen LogP contribution in [-0.4, -0.2) is 171 Å². The summed E-state index contributed by atoms with van der Waals surface area (Å²) in [4.78, 5) is 89.1. The molecule has 0 unspecified atom stereocenters. The molecule has 10 aromatic carbocycles. The van der Waals surface area contributed by atoms with Gasteiger partial charge in [0.25, 0.3) is 5.91 Å². The standard InChI is InChI=1S/C38H46N4O2.C33H37N5O2.C32H36F2N4O2/c1-28(2)39-23-12-11-19-36-38(44)42(27-35(30-14-5-3-6-15-30)31-16-7-4-8-17-31)24-22-34(41-36)26-40-37(43)33-21-20-29-13-9-10-18-32(29)25-33;1-35-28-17-14-25(15-18-28)16-19-32(39)36-23-29-20-22-38(33(40)31(37-29)13-8-21-34)24-30(26-9-4-2-5-10-26)27-11-6-3-7-12-27;33-26-15-13-25(29(34)20-26)14-16-31(39)36-21-27-17-19-38(32(40)30(37-27)12-7-18-35)22-28(23-8-3-1-4-9-23)24-10-5-2-6-11-24/h3-10,13-18,20-21,25,28,34-36,39,41H,11-12,19,22-24,26-27H2,1-2H3,(H,40,43);2-7,9-12,14-19,29-31,37H,8,13,20-24,34H2,(H,36,39);1-6,8-11,13-16,20,27-28,30,37H,7,12,17-19,21-22,35H2,(H,36,39)/b;19-16+;16-14+/t34-,36-;29-,31-;27-,30-/m000/s1. The smallest absolute Gasteiger partial charge is 0.251 e. The highest BCUT2D eigenvalue weighted by molar-refractivity contribution is 5.99. The number of fused-ring (bicyclic) bond motifs is 1. The number of nitrogens with zero attached hydrogens (tertiary/aromatic N) is 4. The Bertz CT molecular complexity index is 4970. The quantitative estimate of drug-likeness (QED) is 0.0102. The van der Waals surface area contributed by atoms with Gasteiger partial charge in [-0.2, -0.15) is 0 Å². The molecule has 6 amide bonds. The van der Waals surface area contributed by atoms with Crippen LogP contribution >= 0.6 is 0 Å². The number of carbonyl (C=O) groups excluding carboxylic acids is 6. The number of amides is 6. The van der Waals surface area contributed by atoms with E-state index < -0.39 is 23.6 Å². The zero-order valence-corrected chi connectivity index (χ0v) is 71.2. The third kappa shape index (κ3) is 28.7. The van der Waals surface area contributed by atoms with Crippen molar-refractivity contribution in [2.24, 2.45) is 11.5 Å². The summed E-state index contributed by atoms with van der Waals surface area (Å²) < 4.78 is 27.0. The number of benzene rings is 10. The number of nitrogens with one attached hydrogen (secondary N) is 7. The van der Waals surface area contributed by atoms with Crippen LogP contribution in [0.5, 0.6) is 0 Å². The SMILES string of the molecule is CC(C)NCCCC[C@@H]1N[C@H](CNC(=O)c2ccc3ccccc3c2)CCN(CC(c2ccccc2)c2ccccc2)C1=O.NCCC[C@@H]1N[C@H](CNC(=O)/C=C/c2ccc(F)cc2F)CCN(CC(c2ccccc2)c2ccccc2)C1=O.[C-]#[N+]c1ccc(/C=C/C(=O)NC[C@@H]2CCN(CC(c3ccccc3)c3ccccc3)C(=O)[C@H](CCCN)N2)cc1. The number of carbonyl (C=O) groups is 6. The fraction of sp³-hybridized carbons (Fsp3) is 0.330. The first-order valence-electron chi connectivity index (χ1n) is 43.7. The maximum absolute atomic E-state index is 14.1. The summed E-state index contributed by atoms with van der Waals surface area (Å²) in [6.07, 6.45) is 13.3. The Hall–Kier alpha value is -12.1. The normalized spacial score (nSPS) is 17.5. The molecular formula is C103H119F2N13O6. The summed E-state index contributed by atoms with van der Waals surface area (Å²) in [5, 5.41) is 25.2. The van der Waals surface area contributed by atoms with Crippen molar-refractivity contribution in [3.05, 3.63) is 352 Å². The number of nitrogens with two attached hydrogens (primary N) is 2. The summed E-state index contributed by atoms with van der Waals surface area (Å²) in [6.45, 7) is 18.0. The van der Waals surface area contributed by atoms with E-state index in [0.717, 1.165) is 84.7 Å². The Morgan fingerprint density at radius 2 is 0.831 bits per heavy atom. The monoisotopic (exact) mass is 1670 g/mol. The zero-order valence-electron chi connectivity index (χ0n) is 71.2. The zero-order chi connectivity index (χ0) is 87.2. The van der Waals surface area contributed by atoms with Gasteiger partial charge in [-0.1, -0.05) is 257 Å². The average Bonchev–Trinajstić information content (AvgIpc) is 1.45. The molecule has 124 heavy (non-hydrogen) atoms. The molecule has 3 fully saturated rings. The van der Waals surface area contributed by atoms with Gasteiger partial charge in [-0.05, 0) is 164 Å². The number of hydrogen-bond donors (Lipinski definition) is 9. The number of hydrogen-bond acceptors (Lipinski definition) is 12. The van der Waals surface area contributed by atoms with Crippen LogP contribution in [0.2, 0.25) is 0 Å². The first-order chi connectivity index (χ1) is 60.5. The van der Waals surface area contributed by atoms with Crippen LogP contribution in [0.3, 0.4) is 0 Å². The molecule has 0 saturated carbocycles. The van der Waals surface area contributed by atoms with Crippen molar-refractivity contribution >= 4 is 64.1 Å². The summed E-state index contributed by atoms with van der Waals surface area (Å²) in [7, 11) is 0. The van der Waals surface area contributed by atoms with E-state index in [1.807, 2.05) is 143 Å². The van der Waals surface area contributed by atoms with E-state index in [0.29, 0.717) is 115 Å². The number of unbranched alkanes of at least 4 members (excludes halogenated alkanes) is 1. The summed E-state index contributed by atoms with van der Waals surface area (Å²) in [5.74, 6) is -1.66. The molecule has 0 spiro atoms. The molecule has 13 rings (SSSR count). The second kappa shape index (κ2) is 49.2. The number of halogens is 2. The lowest BCUT2D eigenvalue weighted by atomic mass is 9.90. The number of rotatable bonds is 35. The maximum Gasteiger partial charge on any atom is 0.251 e. The minimum Gasteiger partial charge on any atom is -0.351 e. The average molecular weight is 1670 g/mol. The molecule has 3 heterocycles. The lowest BCUT2D eigenvalue weighted by Gasteiger charge is -2.29. The molecule has 0 bridgehead atoms. The van der Waals surface area contributed by atoms with Crippen molar-refractivity contribution in [3.8, 4) is 0 Å². The van der Waals surface area contributed by atoms with E-state index in [1.165, 1.54) is 46.5 Å². The third-order valence-electron chi connectivity index (χ3n) is 23.1. The fourth-order valence-electron chi connectivity index (χ4n) is 16.2. The minimum absolute atomic E-state index is 0.000883.